The summed E-state index contributed by atoms with van der Waals surface area (Å²) in [5, 5.41) is 0. The summed E-state index contributed by atoms with van der Waals surface area (Å²) in [5.74, 6) is 1.04. The van der Waals surface area contributed by atoms with Crippen LogP contribution in [-0.4, -0.2) is 21.1 Å². The van der Waals surface area contributed by atoms with E-state index in [0.717, 1.165) is 43.0 Å². The lowest BCUT2D eigenvalue weighted by Crippen LogP contribution is -2.19. The number of imidazole rings is 1. The summed E-state index contributed by atoms with van der Waals surface area (Å²) in [6.45, 7) is 8.47. The third-order valence-electron chi connectivity index (χ3n) is 3.38. The van der Waals surface area contributed by atoms with Gasteiger partial charge in [0.1, 0.15) is 17.4 Å². The Morgan fingerprint density at radius 3 is 2.95 bits per heavy atom. The van der Waals surface area contributed by atoms with E-state index in [2.05, 4.69) is 30.3 Å². The van der Waals surface area contributed by atoms with Crippen molar-refractivity contribution in [2.24, 2.45) is 5.41 Å². The summed E-state index contributed by atoms with van der Waals surface area (Å²) in [6.07, 6.45) is 4.16. The zero-order valence-electron chi connectivity index (χ0n) is 11.9. The van der Waals surface area contributed by atoms with Crippen LogP contribution in [0.15, 0.2) is 18.3 Å². The number of nitrogens with zero attached hydrogens (tertiary/aromatic N) is 3. The van der Waals surface area contributed by atoms with Crippen LogP contribution in [0.1, 0.15) is 45.5 Å². The highest BCUT2D eigenvalue weighted by molar-refractivity contribution is 5.71. The molecule has 1 atom stereocenters. The van der Waals surface area contributed by atoms with E-state index in [4.69, 9.17) is 9.72 Å². The van der Waals surface area contributed by atoms with E-state index in [1.807, 2.05) is 18.3 Å². The first-order valence-electron chi connectivity index (χ1n) is 6.97. The van der Waals surface area contributed by atoms with Crippen LogP contribution in [0.3, 0.4) is 0 Å². The van der Waals surface area contributed by atoms with Crippen molar-refractivity contribution in [3.8, 4) is 0 Å². The maximum absolute atomic E-state index is 5.81. The summed E-state index contributed by atoms with van der Waals surface area (Å²) in [4.78, 5) is 9.26. The molecule has 4 nitrogen and oxygen atoms in total. The normalized spacial score (nSPS) is 20.3. The number of fused-ring (bicyclic) bond motifs is 1. The van der Waals surface area contributed by atoms with Crippen molar-refractivity contribution in [2.75, 3.05) is 6.61 Å². The molecule has 2 aromatic rings. The molecule has 3 heterocycles. The molecule has 1 saturated heterocycles. The summed E-state index contributed by atoms with van der Waals surface area (Å²) in [5.41, 5.74) is 2.14. The molecule has 1 aliphatic heterocycles. The van der Waals surface area contributed by atoms with Crippen molar-refractivity contribution in [3.63, 3.8) is 0 Å². The Bertz CT molecular complexity index is 577. The summed E-state index contributed by atoms with van der Waals surface area (Å²) in [6, 6.07) is 3.97. The molecule has 0 spiro atoms. The lowest BCUT2D eigenvalue weighted by atomic mass is 9.96. The van der Waals surface area contributed by atoms with Crippen LogP contribution in [0.5, 0.6) is 0 Å². The molecular formula is C15H21N3O. The standard InChI is InChI=1S/C15H21N3O/c1-15(2,3)10-18-13-11(6-4-8-16-13)17-14(18)12-7-5-9-19-12/h4,6,8,12H,5,7,9-10H2,1-3H3. The van der Waals surface area contributed by atoms with Gasteiger partial charge in [-0.25, -0.2) is 9.97 Å². The largest absolute Gasteiger partial charge is 0.370 e. The van der Waals surface area contributed by atoms with E-state index in [1.165, 1.54) is 0 Å². The summed E-state index contributed by atoms with van der Waals surface area (Å²) >= 11 is 0. The second-order valence-corrected chi connectivity index (χ2v) is 6.46. The van der Waals surface area contributed by atoms with E-state index < -0.39 is 0 Å². The van der Waals surface area contributed by atoms with Gasteiger partial charge in [-0.3, -0.25) is 0 Å². The molecule has 0 bridgehead atoms. The fourth-order valence-corrected chi connectivity index (χ4v) is 2.63. The highest BCUT2D eigenvalue weighted by Gasteiger charge is 2.26. The van der Waals surface area contributed by atoms with E-state index in [9.17, 15) is 0 Å². The smallest absolute Gasteiger partial charge is 0.160 e. The lowest BCUT2D eigenvalue weighted by Gasteiger charge is -2.22. The van der Waals surface area contributed by atoms with Crippen molar-refractivity contribution in [1.29, 1.82) is 0 Å². The van der Waals surface area contributed by atoms with Crippen LogP contribution in [0.25, 0.3) is 11.2 Å². The Hall–Kier alpha value is -1.42. The fourth-order valence-electron chi connectivity index (χ4n) is 2.63. The van der Waals surface area contributed by atoms with Crippen molar-refractivity contribution >= 4 is 11.2 Å². The van der Waals surface area contributed by atoms with Crippen LogP contribution >= 0.6 is 0 Å². The number of hydrogen-bond acceptors (Lipinski definition) is 3. The van der Waals surface area contributed by atoms with Gasteiger partial charge < -0.3 is 9.30 Å². The monoisotopic (exact) mass is 259 g/mol. The molecule has 0 N–H and O–H groups in total. The van der Waals surface area contributed by atoms with Crippen molar-refractivity contribution in [1.82, 2.24) is 14.5 Å². The van der Waals surface area contributed by atoms with Crippen LogP contribution < -0.4 is 0 Å². The zero-order chi connectivity index (χ0) is 13.5. The van der Waals surface area contributed by atoms with Gasteiger partial charge in [0.05, 0.1) is 0 Å². The first-order valence-corrected chi connectivity index (χ1v) is 6.97. The topological polar surface area (TPSA) is 39.9 Å². The Kier molecular flexibility index (Phi) is 3.05. The van der Waals surface area contributed by atoms with Crippen LogP contribution in [0.2, 0.25) is 0 Å². The van der Waals surface area contributed by atoms with Gasteiger partial charge in [-0.05, 0) is 30.4 Å². The molecule has 4 heteroatoms. The van der Waals surface area contributed by atoms with Gasteiger partial charge in [0.2, 0.25) is 0 Å². The molecule has 0 aromatic carbocycles. The molecule has 1 unspecified atom stereocenters. The molecule has 2 aromatic heterocycles. The third kappa shape index (κ3) is 2.50. The number of ether oxygens (including phenoxy) is 1. The number of hydrogen-bond donors (Lipinski definition) is 0. The number of pyridine rings is 1. The lowest BCUT2D eigenvalue weighted by molar-refractivity contribution is 0.100. The van der Waals surface area contributed by atoms with Gasteiger partial charge in [-0.15, -0.1) is 0 Å². The molecule has 0 saturated carbocycles. The second kappa shape index (κ2) is 4.60. The Morgan fingerprint density at radius 2 is 2.26 bits per heavy atom. The van der Waals surface area contributed by atoms with E-state index in [1.54, 1.807) is 0 Å². The zero-order valence-corrected chi connectivity index (χ0v) is 11.9. The quantitative estimate of drug-likeness (QED) is 0.830. The minimum atomic E-state index is 0.136. The molecule has 0 aliphatic carbocycles. The fraction of sp³-hybridized carbons (Fsp3) is 0.600. The van der Waals surface area contributed by atoms with E-state index in [-0.39, 0.29) is 11.5 Å². The van der Waals surface area contributed by atoms with Crippen molar-refractivity contribution in [2.45, 2.75) is 46.3 Å². The van der Waals surface area contributed by atoms with Gasteiger partial charge in [-0.2, -0.15) is 0 Å². The van der Waals surface area contributed by atoms with Gasteiger partial charge in [-0.1, -0.05) is 20.8 Å². The van der Waals surface area contributed by atoms with E-state index in [0.29, 0.717) is 0 Å². The Morgan fingerprint density at radius 1 is 1.42 bits per heavy atom. The first kappa shape index (κ1) is 12.6. The number of aromatic nitrogens is 3. The Labute approximate surface area is 113 Å². The van der Waals surface area contributed by atoms with Crippen LogP contribution in [0.4, 0.5) is 0 Å². The average Bonchev–Trinajstić information content (AvgIpc) is 2.95. The van der Waals surface area contributed by atoms with Crippen LogP contribution in [-0.2, 0) is 11.3 Å². The first-order chi connectivity index (χ1) is 9.04. The van der Waals surface area contributed by atoms with Crippen LogP contribution in [0, 0.1) is 5.41 Å². The van der Waals surface area contributed by atoms with Gasteiger partial charge in [0.25, 0.3) is 0 Å². The maximum atomic E-state index is 5.81. The Balaban J connectivity index is 2.10. The number of rotatable bonds is 2. The molecule has 0 amide bonds. The highest BCUT2D eigenvalue weighted by atomic mass is 16.5. The summed E-state index contributed by atoms with van der Waals surface area (Å²) < 4.78 is 8.05. The molecule has 102 valence electrons. The van der Waals surface area contributed by atoms with Crippen molar-refractivity contribution in [3.05, 3.63) is 24.2 Å². The minimum absolute atomic E-state index is 0.136. The highest BCUT2D eigenvalue weighted by Crippen LogP contribution is 2.31. The summed E-state index contributed by atoms with van der Waals surface area (Å²) in [7, 11) is 0. The molecule has 19 heavy (non-hydrogen) atoms. The second-order valence-electron chi connectivity index (χ2n) is 6.46. The third-order valence-corrected chi connectivity index (χ3v) is 3.38. The molecule has 1 fully saturated rings. The molecule has 3 rings (SSSR count). The molecular weight excluding hydrogens is 238 g/mol. The average molecular weight is 259 g/mol. The van der Waals surface area contributed by atoms with Gasteiger partial charge >= 0.3 is 0 Å². The van der Waals surface area contributed by atoms with Crippen molar-refractivity contribution < 1.29 is 4.74 Å². The predicted octanol–water partition coefficient (Wildman–Crippen LogP) is 3.33. The molecule has 1 aliphatic rings. The minimum Gasteiger partial charge on any atom is -0.370 e. The maximum Gasteiger partial charge on any atom is 0.160 e. The van der Waals surface area contributed by atoms with E-state index >= 15 is 0 Å². The predicted molar refractivity (Wildman–Crippen MR) is 74.9 cm³/mol. The molecule has 0 radical (unpaired) electrons. The van der Waals surface area contributed by atoms with Gasteiger partial charge in [0, 0.05) is 19.3 Å². The SMILES string of the molecule is CC(C)(C)Cn1c(C2CCCO2)nc2cccnc21. The van der Waals surface area contributed by atoms with Gasteiger partial charge in [0.15, 0.2) is 5.65 Å².